The van der Waals surface area contributed by atoms with Crippen LogP contribution in [0.1, 0.15) is 5.82 Å². The fraction of sp³-hybridized carbons (Fsp3) is 0.333. The van der Waals surface area contributed by atoms with Gasteiger partial charge >= 0.3 is 0 Å². The molecule has 0 amide bonds. The number of H-pyrrole nitrogens is 1. The van der Waals surface area contributed by atoms with Gasteiger partial charge in [0.2, 0.25) is 4.73 Å². The third-order valence-electron chi connectivity index (χ3n) is 0.570. The molecule has 1 heterocycles. The monoisotopic (exact) mass is 241 g/mol. The Labute approximate surface area is 65.8 Å². The Kier molecular flexibility index (Phi) is 3.23. The molecule has 1 aromatic heterocycles. The molecule has 0 aliphatic heterocycles. The quantitative estimate of drug-likeness (QED) is 0.749. The zero-order chi connectivity index (χ0) is 5.28. The van der Waals surface area contributed by atoms with Gasteiger partial charge in [0.25, 0.3) is 0 Å². The van der Waals surface area contributed by atoms with E-state index < -0.39 is 0 Å². The van der Waals surface area contributed by atoms with Gasteiger partial charge in [0.15, 0.2) is 0 Å². The highest BCUT2D eigenvalue weighted by Gasteiger charge is 1.88. The molecule has 0 unspecified atom stereocenters. The van der Waals surface area contributed by atoms with Crippen molar-refractivity contribution >= 4 is 32.9 Å². The first-order valence-corrected chi connectivity index (χ1v) is 2.63. The van der Waals surface area contributed by atoms with E-state index in [0.717, 1.165) is 5.82 Å². The first-order chi connectivity index (χ1) is 3.29. The fourth-order valence-electron chi connectivity index (χ4n) is 0.315. The van der Waals surface area contributed by atoms with E-state index in [1.54, 1.807) is 0 Å². The minimum atomic E-state index is 0. The van der Waals surface area contributed by atoms with Crippen molar-refractivity contribution in [1.82, 2.24) is 15.2 Å². The van der Waals surface area contributed by atoms with Crippen molar-refractivity contribution in [2.75, 3.05) is 0 Å². The highest BCUT2D eigenvalue weighted by Crippen LogP contribution is 1.97. The topological polar surface area (TPSA) is 41.6 Å². The van der Waals surface area contributed by atoms with Gasteiger partial charge in [-0.15, -0.1) is 22.1 Å². The van der Waals surface area contributed by atoms with Gasteiger partial charge in [-0.2, -0.15) is 0 Å². The lowest BCUT2D eigenvalue weighted by molar-refractivity contribution is 1.03. The maximum atomic E-state index is 3.86. The van der Waals surface area contributed by atoms with Crippen molar-refractivity contribution in [3.05, 3.63) is 10.6 Å². The summed E-state index contributed by atoms with van der Waals surface area (Å²) in [5.41, 5.74) is 0. The molecule has 0 atom stereocenters. The lowest BCUT2D eigenvalue weighted by Crippen LogP contribution is -1.69. The van der Waals surface area contributed by atoms with E-state index in [2.05, 4.69) is 31.1 Å². The third kappa shape index (κ3) is 1.92. The standard InChI is InChI=1S/C3H4BrN3.BrH/c1-2-5-3(4)7-6-2;/h1H3,(H,5,6,7);1H. The van der Waals surface area contributed by atoms with E-state index in [1.807, 2.05) is 6.92 Å². The summed E-state index contributed by atoms with van der Waals surface area (Å²) in [5.74, 6) is 0.826. The lowest BCUT2D eigenvalue weighted by Gasteiger charge is -1.67. The molecule has 0 bridgehead atoms. The van der Waals surface area contributed by atoms with Crippen LogP contribution in [0.4, 0.5) is 0 Å². The smallest absolute Gasteiger partial charge is 0.217 e. The zero-order valence-electron chi connectivity index (χ0n) is 4.18. The number of hydrogen-bond donors (Lipinski definition) is 1. The summed E-state index contributed by atoms with van der Waals surface area (Å²) in [7, 11) is 0. The number of rotatable bonds is 0. The summed E-state index contributed by atoms with van der Waals surface area (Å²) in [6, 6.07) is 0. The van der Waals surface area contributed by atoms with Crippen LogP contribution in [0.2, 0.25) is 0 Å². The molecular formula is C3H5Br2N3. The van der Waals surface area contributed by atoms with Gasteiger partial charge in [-0.3, -0.25) is 5.10 Å². The highest BCUT2D eigenvalue weighted by atomic mass is 79.9. The van der Waals surface area contributed by atoms with Crippen LogP contribution in [0, 0.1) is 6.92 Å². The predicted molar refractivity (Wildman–Crippen MR) is 39.1 cm³/mol. The van der Waals surface area contributed by atoms with Gasteiger partial charge in [0.1, 0.15) is 5.82 Å². The van der Waals surface area contributed by atoms with Crippen LogP contribution >= 0.6 is 32.9 Å². The summed E-state index contributed by atoms with van der Waals surface area (Å²) in [6.07, 6.45) is 0. The second kappa shape index (κ2) is 3.19. The first kappa shape index (κ1) is 8.10. The van der Waals surface area contributed by atoms with Crippen molar-refractivity contribution in [1.29, 1.82) is 0 Å². The summed E-state index contributed by atoms with van der Waals surface area (Å²) in [5, 5.41) is 6.36. The van der Waals surface area contributed by atoms with Crippen molar-refractivity contribution in [2.45, 2.75) is 6.92 Å². The maximum Gasteiger partial charge on any atom is 0.217 e. The van der Waals surface area contributed by atoms with Crippen LogP contribution in [-0.2, 0) is 0 Å². The van der Waals surface area contributed by atoms with Gasteiger partial charge in [0, 0.05) is 0 Å². The normalized spacial score (nSPS) is 8.25. The van der Waals surface area contributed by atoms with Crippen LogP contribution < -0.4 is 0 Å². The molecule has 0 saturated carbocycles. The Morgan fingerprint density at radius 3 is 2.38 bits per heavy atom. The molecule has 0 aliphatic carbocycles. The highest BCUT2D eigenvalue weighted by molar-refractivity contribution is 9.10. The number of nitrogens with zero attached hydrogens (tertiary/aromatic N) is 2. The van der Waals surface area contributed by atoms with Gasteiger partial charge in [-0.05, 0) is 22.9 Å². The van der Waals surface area contributed by atoms with E-state index in [-0.39, 0.29) is 17.0 Å². The zero-order valence-corrected chi connectivity index (χ0v) is 7.48. The number of aromatic amines is 1. The molecule has 0 spiro atoms. The van der Waals surface area contributed by atoms with Crippen molar-refractivity contribution < 1.29 is 0 Å². The molecular weight excluding hydrogens is 238 g/mol. The van der Waals surface area contributed by atoms with Crippen molar-refractivity contribution in [3.8, 4) is 0 Å². The lowest BCUT2D eigenvalue weighted by atomic mass is 10.8. The number of aryl methyl sites for hydroxylation is 1. The van der Waals surface area contributed by atoms with Crippen molar-refractivity contribution in [3.63, 3.8) is 0 Å². The Morgan fingerprint density at radius 1 is 1.62 bits per heavy atom. The molecule has 1 N–H and O–H groups in total. The van der Waals surface area contributed by atoms with Gasteiger partial charge in [-0.1, -0.05) is 0 Å². The molecule has 1 rings (SSSR count). The maximum absolute atomic E-state index is 3.86. The minimum absolute atomic E-state index is 0. The van der Waals surface area contributed by atoms with Crippen molar-refractivity contribution in [2.24, 2.45) is 0 Å². The van der Waals surface area contributed by atoms with Crippen LogP contribution in [0.15, 0.2) is 4.73 Å². The SMILES string of the molecule is Br.Cc1nc(Br)n[nH]1. The minimum Gasteiger partial charge on any atom is -0.262 e. The second-order valence-electron chi connectivity index (χ2n) is 1.19. The second-order valence-corrected chi connectivity index (χ2v) is 1.90. The summed E-state index contributed by atoms with van der Waals surface area (Å²) >= 11 is 3.08. The molecule has 0 aliphatic rings. The Bertz CT molecular complexity index is 145. The molecule has 5 heteroatoms. The Balaban J connectivity index is 0.000000490. The van der Waals surface area contributed by atoms with Crippen LogP contribution in [0.5, 0.6) is 0 Å². The number of aromatic nitrogens is 3. The molecule has 46 valence electrons. The summed E-state index contributed by atoms with van der Waals surface area (Å²) in [4.78, 5) is 3.86. The molecule has 0 saturated heterocycles. The average molecular weight is 243 g/mol. The number of halogens is 2. The molecule has 8 heavy (non-hydrogen) atoms. The number of nitrogens with one attached hydrogen (secondary N) is 1. The van der Waals surface area contributed by atoms with E-state index >= 15 is 0 Å². The predicted octanol–water partition coefficient (Wildman–Crippen LogP) is 1.45. The van der Waals surface area contributed by atoms with E-state index in [0.29, 0.717) is 4.73 Å². The van der Waals surface area contributed by atoms with Crippen LogP contribution in [0.25, 0.3) is 0 Å². The van der Waals surface area contributed by atoms with Gasteiger partial charge in [0.05, 0.1) is 0 Å². The van der Waals surface area contributed by atoms with Gasteiger partial charge in [-0.25, -0.2) is 4.98 Å². The molecule has 3 nitrogen and oxygen atoms in total. The van der Waals surface area contributed by atoms with Gasteiger partial charge < -0.3 is 0 Å². The summed E-state index contributed by atoms with van der Waals surface area (Å²) in [6.45, 7) is 1.84. The molecule has 0 fully saturated rings. The van der Waals surface area contributed by atoms with Crippen LogP contribution in [0.3, 0.4) is 0 Å². The Morgan fingerprint density at radius 2 is 2.25 bits per heavy atom. The number of hydrogen-bond acceptors (Lipinski definition) is 2. The largest absolute Gasteiger partial charge is 0.262 e. The fourth-order valence-corrected chi connectivity index (χ4v) is 0.670. The molecule has 0 aromatic carbocycles. The molecule has 0 radical (unpaired) electrons. The third-order valence-corrected chi connectivity index (χ3v) is 0.925. The first-order valence-electron chi connectivity index (χ1n) is 1.83. The van der Waals surface area contributed by atoms with E-state index in [1.165, 1.54) is 0 Å². The van der Waals surface area contributed by atoms with E-state index in [4.69, 9.17) is 0 Å². The molecule has 1 aromatic rings. The Hall–Kier alpha value is 0.1000. The average Bonchev–Trinajstić information content (AvgIpc) is 1.87. The van der Waals surface area contributed by atoms with Crippen LogP contribution in [-0.4, -0.2) is 15.2 Å². The van der Waals surface area contributed by atoms with E-state index in [9.17, 15) is 0 Å². The summed E-state index contributed by atoms with van der Waals surface area (Å²) < 4.78 is 0.616.